The Kier molecular flexibility index (Phi) is 6.15. The Morgan fingerprint density at radius 3 is 2.65 bits per heavy atom. The number of furan rings is 1. The Balaban J connectivity index is 1.99. The first-order chi connectivity index (χ1) is 9.70. The summed E-state index contributed by atoms with van der Waals surface area (Å²) in [5, 5.41) is 0. The van der Waals surface area contributed by atoms with E-state index in [1.165, 1.54) is 56.3 Å². The van der Waals surface area contributed by atoms with Crippen molar-refractivity contribution < 1.29 is 9.15 Å². The fourth-order valence-electron chi connectivity index (χ4n) is 3.03. The number of ether oxygens (including phenoxy) is 1. The summed E-state index contributed by atoms with van der Waals surface area (Å²) in [5.41, 5.74) is 1.43. The van der Waals surface area contributed by atoms with Gasteiger partial charge in [0.05, 0.1) is 6.10 Å². The molecular weight excluding hydrogens is 248 g/mol. The van der Waals surface area contributed by atoms with Crippen LogP contribution in [-0.2, 0) is 17.6 Å². The molecule has 2 heteroatoms. The molecule has 0 spiro atoms. The molecule has 1 unspecified atom stereocenters. The third kappa shape index (κ3) is 4.37. The van der Waals surface area contributed by atoms with Gasteiger partial charge in [-0.25, -0.2) is 0 Å². The molecule has 1 aliphatic carbocycles. The normalized spacial score (nSPS) is 16.4. The summed E-state index contributed by atoms with van der Waals surface area (Å²) < 4.78 is 12.2. The van der Waals surface area contributed by atoms with Crippen molar-refractivity contribution in [1.29, 1.82) is 0 Å². The molecule has 114 valence electrons. The molecule has 1 aromatic heterocycles. The second-order valence-electron chi connectivity index (χ2n) is 6.33. The van der Waals surface area contributed by atoms with Gasteiger partial charge in [0.2, 0.25) is 0 Å². The van der Waals surface area contributed by atoms with Crippen LogP contribution < -0.4 is 0 Å². The number of fused-ring (bicyclic) bond motifs is 1. The molecule has 0 saturated carbocycles. The average Bonchev–Trinajstić information content (AvgIpc) is 2.85. The van der Waals surface area contributed by atoms with Gasteiger partial charge in [0.1, 0.15) is 17.6 Å². The third-order valence-electron chi connectivity index (χ3n) is 4.09. The van der Waals surface area contributed by atoms with E-state index >= 15 is 0 Å². The molecule has 1 heterocycles. The molecule has 1 atom stereocenters. The zero-order valence-corrected chi connectivity index (χ0v) is 13.4. The molecule has 0 aromatic carbocycles. The molecule has 0 N–H and O–H groups in total. The van der Waals surface area contributed by atoms with Gasteiger partial charge in [0.15, 0.2) is 0 Å². The predicted octanol–water partition coefficient (Wildman–Crippen LogP) is 5.59. The van der Waals surface area contributed by atoms with Crippen molar-refractivity contribution in [2.45, 2.75) is 90.8 Å². The molecule has 0 saturated heterocycles. The van der Waals surface area contributed by atoms with E-state index in [0.29, 0.717) is 0 Å². The van der Waals surface area contributed by atoms with Crippen LogP contribution in [-0.4, -0.2) is 6.10 Å². The zero-order valence-electron chi connectivity index (χ0n) is 13.4. The average molecular weight is 278 g/mol. The summed E-state index contributed by atoms with van der Waals surface area (Å²) in [6, 6.07) is 2.27. The van der Waals surface area contributed by atoms with Crippen LogP contribution in [0.2, 0.25) is 0 Å². The Morgan fingerprint density at radius 2 is 1.95 bits per heavy atom. The standard InChI is InChI=1S/C18H30O2/c1-4-5-6-7-12-17(19-14(2)3)18-13-15-10-8-9-11-16(15)20-18/h13-14,17H,4-12H2,1-3H3. The highest BCUT2D eigenvalue weighted by atomic mass is 16.5. The summed E-state index contributed by atoms with van der Waals surface area (Å²) in [5.74, 6) is 2.29. The van der Waals surface area contributed by atoms with Crippen molar-refractivity contribution in [1.82, 2.24) is 0 Å². The van der Waals surface area contributed by atoms with Gasteiger partial charge < -0.3 is 9.15 Å². The van der Waals surface area contributed by atoms with Crippen LogP contribution in [0.1, 0.15) is 88.9 Å². The molecule has 0 radical (unpaired) electrons. The van der Waals surface area contributed by atoms with E-state index < -0.39 is 0 Å². The SMILES string of the molecule is CCCCCCC(OC(C)C)c1cc2c(o1)CCCC2. The zero-order chi connectivity index (χ0) is 14.4. The van der Waals surface area contributed by atoms with Crippen LogP contribution in [0.15, 0.2) is 10.5 Å². The number of hydrogen-bond donors (Lipinski definition) is 0. The molecule has 0 amide bonds. The minimum absolute atomic E-state index is 0.150. The fourth-order valence-corrected chi connectivity index (χ4v) is 3.03. The Morgan fingerprint density at radius 1 is 1.15 bits per heavy atom. The first kappa shape index (κ1) is 15.6. The predicted molar refractivity (Wildman–Crippen MR) is 83.1 cm³/mol. The maximum Gasteiger partial charge on any atom is 0.133 e. The van der Waals surface area contributed by atoms with Gasteiger partial charge in [0.25, 0.3) is 0 Å². The smallest absolute Gasteiger partial charge is 0.133 e. The van der Waals surface area contributed by atoms with Gasteiger partial charge in [-0.15, -0.1) is 0 Å². The lowest BCUT2D eigenvalue weighted by Crippen LogP contribution is -2.10. The summed E-state index contributed by atoms with van der Waals surface area (Å²) in [6.45, 7) is 6.48. The molecule has 2 nitrogen and oxygen atoms in total. The maximum atomic E-state index is 6.10. The lowest BCUT2D eigenvalue weighted by atomic mass is 9.98. The van der Waals surface area contributed by atoms with Crippen LogP contribution in [0, 0.1) is 0 Å². The lowest BCUT2D eigenvalue weighted by molar-refractivity contribution is -0.0120. The van der Waals surface area contributed by atoms with Crippen molar-refractivity contribution in [3.63, 3.8) is 0 Å². The van der Waals surface area contributed by atoms with Gasteiger partial charge in [-0.1, -0.05) is 32.6 Å². The molecule has 0 bridgehead atoms. The van der Waals surface area contributed by atoms with Crippen molar-refractivity contribution >= 4 is 0 Å². The van der Waals surface area contributed by atoms with Gasteiger partial charge in [-0.3, -0.25) is 0 Å². The van der Waals surface area contributed by atoms with Crippen LogP contribution in [0.4, 0.5) is 0 Å². The fraction of sp³-hybridized carbons (Fsp3) is 0.778. The van der Waals surface area contributed by atoms with Crippen molar-refractivity contribution in [2.75, 3.05) is 0 Å². The third-order valence-corrected chi connectivity index (χ3v) is 4.09. The Bertz CT molecular complexity index is 369. The summed E-state index contributed by atoms with van der Waals surface area (Å²) >= 11 is 0. The lowest BCUT2D eigenvalue weighted by Gasteiger charge is -2.18. The van der Waals surface area contributed by atoms with E-state index in [1.807, 2.05) is 0 Å². The summed E-state index contributed by atoms with van der Waals surface area (Å²) in [4.78, 5) is 0. The topological polar surface area (TPSA) is 22.4 Å². The molecule has 0 fully saturated rings. The van der Waals surface area contributed by atoms with Crippen LogP contribution >= 0.6 is 0 Å². The first-order valence-electron chi connectivity index (χ1n) is 8.47. The van der Waals surface area contributed by atoms with E-state index in [-0.39, 0.29) is 12.2 Å². The van der Waals surface area contributed by atoms with E-state index in [4.69, 9.17) is 9.15 Å². The van der Waals surface area contributed by atoms with Crippen LogP contribution in [0.3, 0.4) is 0 Å². The number of rotatable bonds is 8. The number of unbranched alkanes of at least 4 members (excludes halogenated alkanes) is 3. The molecule has 0 aliphatic heterocycles. The summed E-state index contributed by atoms with van der Waals surface area (Å²) in [6.07, 6.45) is 11.5. The quantitative estimate of drug-likeness (QED) is 0.578. The largest absolute Gasteiger partial charge is 0.463 e. The van der Waals surface area contributed by atoms with E-state index in [0.717, 1.165) is 18.6 Å². The highest BCUT2D eigenvalue weighted by molar-refractivity contribution is 5.25. The number of aryl methyl sites for hydroxylation is 2. The van der Waals surface area contributed by atoms with Gasteiger partial charge in [0, 0.05) is 6.42 Å². The van der Waals surface area contributed by atoms with E-state index in [2.05, 4.69) is 26.8 Å². The Hall–Kier alpha value is -0.760. The molecule has 1 aliphatic rings. The van der Waals surface area contributed by atoms with Crippen molar-refractivity contribution in [3.8, 4) is 0 Å². The minimum Gasteiger partial charge on any atom is -0.463 e. The first-order valence-corrected chi connectivity index (χ1v) is 8.47. The minimum atomic E-state index is 0.150. The summed E-state index contributed by atoms with van der Waals surface area (Å²) in [7, 11) is 0. The van der Waals surface area contributed by atoms with E-state index in [9.17, 15) is 0 Å². The highest BCUT2D eigenvalue weighted by Gasteiger charge is 2.22. The van der Waals surface area contributed by atoms with Crippen molar-refractivity contribution in [2.24, 2.45) is 0 Å². The molecule has 2 rings (SSSR count). The number of hydrogen-bond acceptors (Lipinski definition) is 2. The molecular formula is C18H30O2. The van der Waals surface area contributed by atoms with Crippen LogP contribution in [0.25, 0.3) is 0 Å². The van der Waals surface area contributed by atoms with Crippen molar-refractivity contribution in [3.05, 3.63) is 23.2 Å². The highest BCUT2D eigenvalue weighted by Crippen LogP contribution is 2.32. The molecule has 20 heavy (non-hydrogen) atoms. The van der Waals surface area contributed by atoms with Gasteiger partial charge in [-0.05, 0) is 51.2 Å². The van der Waals surface area contributed by atoms with Gasteiger partial charge >= 0.3 is 0 Å². The molecule has 1 aromatic rings. The second kappa shape index (κ2) is 7.87. The monoisotopic (exact) mass is 278 g/mol. The van der Waals surface area contributed by atoms with E-state index in [1.54, 1.807) is 0 Å². The van der Waals surface area contributed by atoms with Gasteiger partial charge in [-0.2, -0.15) is 0 Å². The Labute approximate surface area is 123 Å². The second-order valence-corrected chi connectivity index (χ2v) is 6.33. The van der Waals surface area contributed by atoms with Crippen LogP contribution in [0.5, 0.6) is 0 Å². The maximum absolute atomic E-state index is 6.10.